The number of hydrogen-bond acceptors (Lipinski definition) is 9. The number of aliphatic hydroxyl groups is 3. The topological polar surface area (TPSA) is 143 Å². The summed E-state index contributed by atoms with van der Waals surface area (Å²) in [5, 5.41) is 46.4. The average Bonchev–Trinajstić information content (AvgIpc) is 3.55. The van der Waals surface area contributed by atoms with Gasteiger partial charge in [0.1, 0.15) is 36.2 Å². The van der Waals surface area contributed by atoms with Crippen LogP contribution in [-0.4, -0.2) is 76.4 Å². The van der Waals surface area contributed by atoms with Crippen LogP contribution in [-0.2, 0) is 4.74 Å². The normalized spacial score (nSPS) is 22.9. The number of aliphatic hydroxyl groups excluding tert-OH is 3. The Kier molecular flexibility index (Phi) is 8.40. The molecular formula is C23H17BrClF5N6O5S. The van der Waals surface area contributed by atoms with E-state index in [9.17, 15) is 37.3 Å². The van der Waals surface area contributed by atoms with Crippen LogP contribution in [0.2, 0.25) is 5.02 Å². The predicted molar refractivity (Wildman–Crippen MR) is 139 cm³/mol. The Morgan fingerprint density at radius 1 is 1.14 bits per heavy atom. The third-order valence-corrected chi connectivity index (χ3v) is 7.48. The molecule has 0 radical (unpaired) electrons. The predicted octanol–water partition coefficient (Wildman–Crippen LogP) is 4.18. The SMILES string of the molecule is OC[C@H]1O[C@@H](c2n[nH]c(=S)n2-c2cc(Cl)ccc2OC(F)(F)F)[C@H](O)[C@@H](n2cc(-c3ccc(Br)c(F)c3F)nn2)[C@H]1O. The number of nitrogens with zero attached hydrogens (tertiary/aromatic N) is 5. The first-order valence-corrected chi connectivity index (χ1v) is 13.3. The Balaban J connectivity index is 1.58. The highest BCUT2D eigenvalue weighted by atomic mass is 79.9. The number of aromatic nitrogens is 6. The molecule has 3 heterocycles. The molecule has 4 aromatic rings. The fourth-order valence-electron chi connectivity index (χ4n) is 4.51. The molecule has 224 valence electrons. The number of rotatable bonds is 6. The van der Waals surface area contributed by atoms with Gasteiger partial charge in [-0.05, 0) is 58.5 Å². The average molecular weight is 700 g/mol. The van der Waals surface area contributed by atoms with Crippen LogP contribution < -0.4 is 4.74 Å². The fraction of sp³-hybridized carbons (Fsp3) is 0.304. The molecule has 2 aromatic heterocycles. The maximum Gasteiger partial charge on any atom is 0.573 e. The molecule has 0 saturated carbocycles. The van der Waals surface area contributed by atoms with Crippen molar-refractivity contribution in [2.45, 2.75) is 36.8 Å². The van der Waals surface area contributed by atoms with Crippen molar-refractivity contribution in [3.63, 3.8) is 0 Å². The van der Waals surface area contributed by atoms with Crippen LogP contribution in [0.3, 0.4) is 0 Å². The minimum absolute atomic E-state index is 0.00646. The summed E-state index contributed by atoms with van der Waals surface area (Å²) < 4.78 is 79.6. The van der Waals surface area contributed by atoms with Gasteiger partial charge in [0.25, 0.3) is 0 Å². The summed E-state index contributed by atoms with van der Waals surface area (Å²) in [6.07, 6.45) is -10.3. The van der Waals surface area contributed by atoms with Crippen molar-refractivity contribution in [3.8, 4) is 22.7 Å². The van der Waals surface area contributed by atoms with Crippen LogP contribution in [0.4, 0.5) is 22.0 Å². The van der Waals surface area contributed by atoms with E-state index in [0.29, 0.717) is 0 Å². The van der Waals surface area contributed by atoms with Crippen LogP contribution in [0, 0.1) is 16.4 Å². The minimum atomic E-state index is -5.09. The molecule has 0 unspecified atom stereocenters. The molecule has 0 amide bonds. The van der Waals surface area contributed by atoms with Crippen LogP contribution in [0.25, 0.3) is 16.9 Å². The molecule has 42 heavy (non-hydrogen) atoms. The van der Waals surface area contributed by atoms with Gasteiger partial charge in [-0.15, -0.1) is 18.3 Å². The number of halogens is 7. The van der Waals surface area contributed by atoms with E-state index in [1.807, 2.05) is 0 Å². The first-order valence-electron chi connectivity index (χ1n) is 11.7. The van der Waals surface area contributed by atoms with Crippen molar-refractivity contribution < 1.29 is 46.7 Å². The molecule has 19 heteroatoms. The largest absolute Gasteiger partial charge is 0.573 e. The quantitative estimate of drug-likeness (QED) is 0.133. The van der Waals surface area contributed by atoms with E-state index < -0.39 is 60.8 Å². The van der Waals surface area contributed by atoms with Crippen LogP contribution in [0.1, 0.15) is 18.0 Å². The van der Waals surface area contributed by atoms with Crippen molar-refractivity contribution in [1.82, 2.24) is 29.8 Å². The van der Waals surface area contributed by atoms with Gasteiger partial charge in [-0.3, -0.25) is 9.67 Å². The number of alkyl halides is 3. The molecule has 5 atom stereocenters. The Bertz CT molecular complexity index is 1690. The minimum Gasteiger partial charge on any atom is -0.404 e. The summed E-state index contributed by atoms with van der Waals surface area (Å²) in [6.45, 7) is -0.778. The van der Waals surface area contributed by atoms with E-state index in [2.05, 4.69) is 41.2 Å². The summed E-state index contributed by atoms with van der Waals surface area (Å²) in [7, 11) is 0. The van der Waals surface area contributed by atoms with Gasteiger partial charge in [0, 0.05) is 10.6 Å². The molecule has 0 spiro atoms. The Morgan fingerprint density at radius 2 is 1.88 bits per heavy atom. The fourth-order valence-corrected chi connectivity index (χ4v) is 5.22. The van der Waals surface area contributed by atoms with Gasteiger partial charge in [0.05, 0.1) is 23.0 Å². The van der Waals surface area contributed by atoms with E-state index in [1.165, 1.54) is 12.1 Å². The summed E-state index contributed by atoms with van der Waals surface area (Å²) in [5.41, 5.74) is -0.742. The zero-order valence-electron chi connectivity index (χ0n) is 20.5. The molecule has 1 fully saturated rings. The third kappa shape index (κ3) is 5.67. The molecule has 1 aliphatic rings. The van der Waals surface area contributed by atoms with E-state index in [1.54, 1.807) is 0 Å². The lowest BCUT2D eigenvalue weighted by molar-refractivity contribution is -0.274. The van der Waals surface area contributed by atoms with Gasteiger partial charge in [-0.1, -0.05) is 16.8 Å². The molecule has 1 aliphatic heterocycles. The van der Waals surface area contributed by atoms with Crippen LogP contribution in [0.15, 0.2) is 41.0 Å². The third-order valence-electron chi connectivity index (χ3n) is 6.36. The van der Waals surface area contributed by atoms with Crippen LogP contribution in [0.5, 0.6) is 5.75 Å². The zero-order chi connectivity index (χ0) is 30.5. The zero-order valence-corrected chi connectivity index (χ0v) is 23.7. The van der Waals surface area contributed by atoms with Gasteiger partial charge in [0.15, 0.2) is 28.0 Å². The van der Waals surface area contributed by atoms with Gasteiger partial charge < -0.3 is 24.8 Å². The molecule has 2 aromatic carbocycles. The van der Waals surface area contributed by atoms with Gasteiger partial charge >= 0.3 is 6.36 Å². The smallest absolute Gasteiger partial charge is 0.404 e. The van der Waals surface area contributed by atoms with Crippen molar-refractivity contribution in [1.29, 1.82) is 0 Å². The second-order valence-corrected chi connectivity index (χ2v) is 10.6. The first kappa shape index (κ1) is 30.5. The Hall–Kier alpha value is -3.00. The van der Waals surface area contributed by atoms with Crippen molar-refractivity contribution >= 4 is 39.7 Å². The molecule has 0 bridgehead atoms. The van der Waals surface area contributed by atoms with Crippen molar-refractivity contribution in [3.05, 3.63) is 68.3 Å². The molecule has 0 aliphatic carbocycles. The monoisotopic (exact) mass is 698 g/mol. The van der Waals surface area contributed by atoms with Crippen LogP contribution >= 0.6 is 39.7 Å². The highest BCUT2D eigenvalue weighted by Crippen LogP contribution is 2.40. The number of nitrogens with one attached hydrogen (secondary N) is 1. The molecular weight excluding hydrogens is 683 g/mol. The number of aromatic amines is 1. The summed E-state index contributed by atoms with van der Waals surface area (Å²) in [6, 6.07) is 4.26. The maximum absolute atomic E-state index is 14.6. The standard InChI is InChI=1S/C23H17BrClF5N6O5S/c24-10-3-2-9(15(26)16(10)27)11-6-35(34-31-11)17-18(38)14(7-37)40-20(19(17)39)21-32-33-22(42)36(21)12-5-8(25)1-4-13(12)41-23(28,29)30/h1-6,14,17-20,37-39H,7H2,(H,33,42)/t14-,17+,18+,19-,20-/m1/s1. The number of hydrogen-bond donors (Lipinski definition) is 4. The second kappa shape index (κ2) is 11.6. The van der Waals surface area contributed by atoms with E-state index in [4.69, 9.17) is 28.6 Å². The van der Waals surface area contributed by atoms with E-state index in [0.717, 1.165) is 33.6 Å². The van der Waals surface area contributed by atoms with Crippen molar-refractivity contribution in [2.24, 2.45) is 0 Å². The molecule has 1 saturated heterocycles. The Morgan fingerprint density at radius 3 is 2.57 bits per heavy atom. The van der Waals surface area contributed by atoms with Crippen molar-refractivity contribution in [2.75, 3.05) is 6.61 Å². The Labute approximate surface area is 250 Å². The number of benzene rings is 2. The molecule has 5 rings (SSSR count). The highest BCUT2D eigenvalue weighted by molar-refractivity contribution is 9.10. The summed E-state index contributed by atoms with van der Waals surface area (Å²) >= 11 is 14.2. The maximum atomic E-state index is 14.6. The number of ether oxygens (including phenoxy) is 2. The lowest BCUT2D eigenvalue weighted by Gasteiger charge is -2.41. The number of H-pyrrole nitrogens is 1. The van der Waals surface area contributed by atoms with E-state index >= 15 is 0 Å². The van der Waals surface area contributed by atoms with Gasteiger partial charge in [0.2, 0.25) is 0 Å². The summed E-state index contributed by atoms with van der Waals surface area (Å²) in [5.74, 6) is -3.40. The second-order valence-electron chi connectivity index (χ2n) is 8.94. The highest BCUT2D eigenvalue weighted by Gasteiger charge is 2.48. The first-order chi connectivity index (χ1) is 19.8. The summed E-state index contributed by atoms with van der Waals surface area (Å²) in [4.78, 5) is 0. The van der Waals surface area contributed by atoms with Gasteiger partial charge in [-0.25, -0.2) is 13.5 Å². The molecule has 4 N–H and O–H groups in total. The lowest BCUT2D eigenvalue weighted by Crippen LogP contribution is -2.53. The lowest BCUT2D eigenvalue weighted by atomic mass is 9.92. The van der Waals surface area contributed by atoms with Gasteiger partial charge in [-0.2, -0.15) is 5.10 Å². The molecule has 11 nitrogen and oxygen atoms in total. The van der Waals surface area contributed by atoms with E-state index in [-0.39, 0.29) is 37.0 Å².